The average molecular weight is 367 g/mol. The topological polar surface area (TPSA) is 97.1 Å². The summed E-state index contributed by atoms with van der Waals surface area (Å²) in [4.78, 5) is 26.9. The number of aromatic nitrogens is 1. The van der Waals surface area contributed by atoms with E-state index >= 15 is 0 Å². The molecule has 0 saturated carbocycles. The SMILES string of the molecule is Cc1cc(C)c2nc(NC(C)CNC(=O)CSCC(N)=O)sc2c1. The van der Waals surface area contributed by atoms with E-state index in [1.807, 2.05) is 6.92 Å². The number of nitrogens with two attached hydrogens (primary N) is 1. The van der Waals surface area contributed by atoms with Crippen molar-refractivity contribution < 1.29 is 9.59 Å². The summed E-state index contributed by atoms with van der Waals surface area (Å²) in [6.07, 6.45) is 0. The Hall–Kier alpha value is -1.80. The Kier molecular flexibility index (Phi) is 6.44. The number of amides is 2. The van der Waals surface area contributed by atoms with Crippen molar-refractivity contribution in [2.24, 2.45) is 5.73 Å². The van der Waals surface area contributed by atoms with Crippen molar-refractivity contribution >= 4 is 50.3 Å². The van der Waals surface area contributed by atoms with Crippen LogP contribution in [0.1, 0.15) is 18.1 Å². The Bertz CT molecular complexity index is 745. The minimum absolute atomic E-state index is 0.0528. The fraction of sp³-hybridized carbons (Fsp3) is 0.438. The van der Waals surface area contributed by atoms with E-state index < -0.39 is 5.91 Å². The summed E-state index contributed by atoms with van der Waals surface area (Å²) >= 11 is 2.83. The molecule has 1 aromatic carbocycles. The summed E-state index contributed by atoms with van der Waals surface area (Å²) in [5.41, 5.74) is 8.45. The van der Waals surface area contributed by atoms with E-state index in [1.54, 1.807) is 11.3 Å². The molecule has 1 atom stereocenters. The number of primary amides is 1. The smallest absolute Gasteiger partial charge is 0.230 e. The van der Waals surface area contributed by atoms with Crippen LogP contribution in [-0.2, 0) is 9.59 Å². The molecule has 4 N–H and O–H groups in total. The number of anilines is 1. The number of thiazole rings is 1. The summed E-state index contributed by atoms with van der Waals surface area (Å²) in [5, 5.41) is 7.00. The van der Waals surface area contributed by atoms with E-state index in [2.05, 4.69) is 41.6 Å². The van der Waals surface area contributed by atoms with Crippen molar-refractivity contribution in [3.05, 3.63) is 23.3 Å². The molecule has 0 bridgehead atoms. The predicted molar refractivity (Wildman–Crippen MR) is 102 cm³/mol. The summed E-state index contributed by atoms with van der Waals surface area (Å²) in [6, 6.07) is 4.31. The molecule has 2 rings (SSSR count). The van der Waals surface area contributed by atoms with Crippen molar-refractivity contribution in [1.82, 2.24) is 10.3 Å². The molecule has 0 aliphatic heterocycles. The Morgan fingerprint density at radius 3 is 2.79 bits per heavy atom. The fourth-order valence-corrected chi connectivity index (χ4v) is 4.00. The monoisotopic (exact) mass is 366 g/mol. The highest BCUT2D eigenvalue weighted by Gasteiger charge is 2.11. The maximum absolute atomic E-state index is 11.7. The molecule has 130 valence electrons. The van der Waals surface area contributed by atoms with Gasteiger partial charge in [0.1, 0.15) is 0 Å². The molecule has 1 aromatic heterocycles. The lowest BCUT2D eigenvalue weighted by molar-refractivity contribution is -0.118. The molecule has 6 nitrogen and oxygen atoms in total. The van der Waals surface area contributed by atoms with Gasteiger partial charge in [0.25, 0.3) is 0 Å². The van der Waals surface area contributed by atoms with Gasteiger partial charge >= 0.3 is 0 Å². The maximum Gasteiger partial charge on any atom is 0.230 e. The number of fused-ring (bicyclic) bond motifs is 1. The van der Waals surface area contributed by atoms with Gasteiger partial charge in [0.2, 0.25) is 11.8 Å². The number of rotatable bonds is 8. The van der Waals surface area contributed by atoms with Crippen LogP contribution in [0.25, 0.3) is 10.2 Å². The van der Waals surface area contributed by atoms with Gasteiger partial charge < -0.3 is 16.4 Å². The van der Waals surface area contributed by atoms with Crippen molar-refractivity contribution in [3.63, 3.8) is 0 Å². The molecule has 2 amide bonds. The lowest BCUT2D eigenvalue weighted by Crippen LogP contribution is -2.35. The number of thioether (sulfide) groups is 1. The Morgan fingerprint density at radius 1 is 1.33 bits per heavy atom. The Labute approximate surface area is 149 Å². The van der Waals surface area contributed by atoms with Gasteiger partial charge in [-0.05, 0) is 38.0 Å². The predicted octanol–water partition coefficient (Wildman–Crippen LogP) is 2.05. The standard InChI is InChI=1S/C16H22N4O2S2/c1-9-4-10(2)15-12(5-9)24-16(20-15)19-11(3)6-18-14(22)8-23-7-13(17)21/h4-5,11H,6-8H2,1-3H3,(H2,17,21)(H,18,22)(H,19,20). The van der Waals surface area contributed by atoms with Gasteiger partial charge in [-0.3, -0.25) is 9.59 Å². The summed E-state index contributed by atoms with van der Waals surface area (Å²) in [5.74, 6) is -0.129. The number of nitrogens with zero attached hydrogens (tertiary/aromatic N) is 1. The number of hydrogen-bond acceptors (Lipinski definition) is 6. The van der Waals surface area contributed by atoms with Crippen LogP contribution >= 0.6 is 23.1 Å². The van der Waals surface area contributed by atoms with E-state index in [9.17, 15) is 9.59 Å². The first-order chi connectivity index (χ1) is 11.3. The minimum Gasteiger partial charge on any atom is -0.369 e. The Balaban J connectivity index is 1.84. The van der Waals surface area contributed by atoms with E-state index in [0.29, 0.717) is 6.54 Å². The fourth-order valence-electron chi connectivity index (χ4n) is 2.26. The number of carbonyl (C=O) groups is 2. The van der Waals surface area contributed by atoms with E-state index in [4.69, 9.17) is 5.73 Å². The summed E-state index contributed by atoms with van der Waals surface area (Å²) < 4.78 is 1.16. The largest absolute Gasteiger partial charge is 0.369 e. The molecule has 8 heteroatoms. The first-order valence-corrected chi connectivity index (χ1v) is 9.59. The van der Waals surface area contributed by atoms with E-state index in [1.165, 1.54) is 22.9 Å². The van der Waals surface area contributed by atoms with Crippen molar-refractivity contribution in [2.45, 2.75) is 26.8 Å². The molecule has 0 saturated heterocycles. The molecule has 2 aromatic rings. The minimum atomic E-state index is -0.413. The van der Waals surface area contributed by atoms with Crippen molar-refractivity contribution in [1.29, 1.82) is 0 Å². The van der Waals surface area contributed by atoms with E-state index in [0.717, 1.165) is 15.3 Å². The van der Waals surface area contributed by atoms with Crippen molar-refractivity contribution in [2.75, 3.05) is 23.4 Å². The van der Waals surface area contributed by atoms with Crippen molar-refractivity contribution in [3.8, 4) is 0 Å². The lowest BCUT2D eigenvalue weighted by Gasteiger charge is -2.13. The normalized spacial score (nSPS) is 12.1. The third-order valence-electron chi connectivity index (χ3n) is 3.28. The molecule has 0 aliphatic carbocycles. The van der Waals surface area contributed by atoms with E-state index in [-0.39, 0.29) is 23.5 Å². The molecular weight excluding hydrogens is 344 g/mol. The van der Waals surface area contributed by atoms with Gasteiger partial charge in [0.15, 0.2) is 5.13 Å². The van der Waals surface area contributed by atoms with Gasteiger partial charge in [0.05, 0.1) is 21.7 Å². The lowest BCUT2D eigenvalue weighted by atomic mass is 10.1. The highest BCUT2D eigenvalue weighted by Crippen LogP contribution is 2.29. The number of hydrogen-bond donors (Lipinski definition) is 3. The molecule has 1 heterocycles. The van der Waals surface area contributed by atoms with Crippen LogP contribution < -0.4 is 16.4 Å². The first-order valence-electron chi connectivity index (χ1n) is 7.62. The maximum atomic E-state index is 11.7. The molecule has 0 fully saturated rings. The van der Waals surface area contributed by atoms with Crippen LogP contribution in [0.2, 0.25) is 0 Å². The van der Waals surface area contributed by atoms with Crippen LogP contribution in [0.15, 0.2) is 12.1 Å². The molecular formula is C16H22N4O2S2. The number of aryl methyl sites for hydroxylation is 2. The number of nitrogens with one attached hydrogen (secondary N) is 2. The van der Waals surface area contributed by atoms with Crippen LogP contribution in [0.4, 0.5) is 5.13 Å². The van der Waals surface area contributed by atoms with Crippen LogP contribution in [-0.4, -0.2) is 40.9 Å². The molecule has 24 heavy (non-hydrogen) atoms. The summed E-state index contributed by atoms with van der Waals surface area (Å²) in [7, 11) is 0. The number of carbonyl (C=O) groups excluding carboxylic acids is 2. The van der Waals surface area contributed by atoms with Gasteiger partial charge in [-0.1, -0.05) is 17.4 Å². The highest BCUT2D eigenvalue weighted by atomic mass is 32.2. The van der Waals surface area contributed by atoms with Crippen LogP contribution in [0.3, 0.4) is 0 Å². The van der Waals surface area contributed by atoms with Gasteiger partial charge in [0, 0.05) is 12.6 Å². The second-order valence-corrected chi connectivity index (χ2v) is 7.77. The zero-order valence-corrected chi connectivity index (χ0v) is 15.6. The van der Waals surface area contributed by atoms with Gasteiger partial charge in [-0.25, -0.2) is 4.98 Å². The second-order valence-electron chi connectivity index (χ2n) is 5.76. The van der Waals surface area contributed by atoms with Gasteiger partial charge in [-0.15, -0.1) is 11.8 Å². The average Bonchev–Trinajstić information content (AvgIpc) is 2.87. The highest BCUT2D eigenvalue weighted by molar-refractivity contribution is 8.00. The summed E-state index contributed by atoms with van der Waals surface area (Å²) in [6.45, 7) is 6.62. The molecule has 0 radical (unpaired) electrons. The van der Waals surface area contributed by atoms with Crippen LogP contribution in [0.5, 0.6) is 0 Å². The molecule has 0 aliphatic rings. The third-order valence-corrected chi connectivity index (χ3v) is 5.17. The number of benzene rings is 1. The zero-order valence-electron chi connectivity index (χ0n) is 14.0. The quantitative estimate of drug-likeness (QED) is 0.664. The zero-order chi connectivity index (χ0) is 17.7. The molecule has 1 unspecified atom stereocenters. The molecule has 0 spiro atoms. The Morgan fingerprint density at radius 2 is 2.08 bits per heavy atom. The van der Waals surface area contributed by atoms with Crippen LogP contribution in [0, 0.1) is 13.8 Å². The third kappa shape index (κ3) is 5.38. The van der Waals surface area contributed by atoms with Gasteiger partial charge in [-0.2, -0.15) is 0 Å². The first kappa shape index (κ1) is 18.5. The second kappa shape index (κ2) is 8.34.